The minimum Gasteiger partial charge on any atom is -0.373 e. The van der Waals surface area contributed by atoms with Gasteiger partial charge in [-0.3, -0.25) is 0 Å². The van der Waals surface area contributed by atoms with E-state index in [4.69, 9.17) is 4.98 Å². The highest BCUT2D eigenvalue weighted by atomic mass is 79.9. The van der Waals surface area contributed by atoms with Gasteiger partial charge in [0.1, 0.15) is 0 Å². The molecule has 0 aliphatic rings. The molecule has 0 saturated carbocycles. The Hall–Kier alpha value is -2.43. The molecule has 4 rings (SSSR count). The van der Waals surface area contributed by atoms with Gasteiger partial charge in [0.25, 0.3) is 0 Å². The maximum atomic E-state index is 12.0. The van der Waals surface area contributed by atoms with Crippen LogP contribution in [0.4, 0.5) is 0 Å². The summed E-state index contributed by atoms with van der Waals surface area (Å²) in [6.07, 6.45) is 0. The first-order valence-corrected chi connectivity index (χ1v) is 9.43. The first kappa shape index (κ1) is 17.0. The SMILES string of the molecule is CCn1c(C(O)(c2ccccc2)c2ccccc2)nc2ccc(Br)cc21. The van der Waals surface area contributed by atoms with Crippen LogP contribution in [-0.4, -0.2) is 14.7 Å². The average Bonchev–Trinajstić information content (AvgIpc) is 3.06. The van der Waals surface area contributed by atoms with Gasteiger partial charge < -0.3 is 9.67 Å². The second-order valence-electron chi connectivity index (χ2n) is 6.26. The number of hydrogen-bond acceptors (Lipinski definition) is 2. The lowest BCUT2D eigenvalue weighted by Gasteiger charge is -2.29. The predicted octanol–water partition coefficient (Wildman–Crippen LogP) is 5.10. The number of imidazole rings is 1. The monoisotopic (exact) mass is 406 g/mol. The van der Waals surface area contributed by atoms with Crippen molar-refractivity contribution in [2.24, 2.45) is 0 Å². The lowest BCUT2D eigenvalue weighted by Crippen LogP contribution is -2.32. The lowest BCUT2D eigenvalue weighted by molar-refractivity contribution is 0.112. The molecule has 0 amide bonds. The lowest BCUT2D eigenvalue weighted by atomic mass is 9.85. The third-order valence-corrected chi connectivity index (χ3v) is 5.23. The maximum Gasteiger partial charge on any atom is 0.173 e. The predicted molar refractivity (Wildman–Crippen MR) is 108 cm³/mol. The summed E-state index contributed by atoms with van der Waals surface area (Å²) in [6.45, 7) is 2.78. The van der Waals surface area contributed by atoms with Crippen LogP contribution in [0.15, 0.2) is 83.3 Å². The summed E-state index contributed by atoms with van der Waals surface area (Å²) >= 11 is 3.54. The van der Waals surface area contributed by atoms with Crippen LogP contribution in [0.5, 0.6) is 0 Å². The largest absolute Gasteiger partial charge is 0.373 e. The quantitative estimate of drug-likeness (QED) is 0.511. The van der Waals surface area contributed by atoms with E-state index in [0.717, 1.165) is 26.6 Å². The van der Waals surface area contributed by atoms with Gasteiger partial charge in [-0.05, 0) is 36.2 Å². The Morgan fingerprint density at radius 2 is 1.50 bits per heavy atom. The fourth-order valence-corrected chi connectivity index (χ4v) is 3.82. The van der Waals surface area contributed by atoms with Crippen molar-refractivity contribution in [3.8, 4) is 0 Å². The number of halogens is 1. The van der Waals surface area contributed by atoms with Crippen molar-refractivity contribution in [1.29, 1.82) is 0 Å². The minimum absolute atomic E-state index is 0.630. The summed E-state index contributed by atoms with van der Waals surface area (Å²) in [7, 11) is 0. The molecule has 4 aromatic rings. The van der Waals surface area contributed by atoms with E-state index in [9.17, 15) is 5.11 Å². The van der Waals surface area contributed by atoms with Gasteiger partial charge in [0.05, 0.1) is 11.0 Å². The fraction of sp³-hybridized carbons (Fsp3) is 0.136. The van der Waals surface area contributed by atoms with E-state index < -0.39 is 5.60 Å². The zero-order valence-corrected chi connectivity index (χ0v) is 16.0. The zero-order valence-electron chi connectivity index (χ0n) is 14.4. The molecular weight excluding hydrogens is 388 g/mol. The summed E-state index contributed by atoms with van der Waals surface area (Å²) in [4.78, 5) is 4.84. The average molecular weight is 407 g/mol. The number of rotatable bonds is 4. The smallest absolute Gasteiger partial charge is 0.173 e. The second-order valence-corrected chi connectivity index (χ2v) is 7.17. The topological polar surface area (TPSA) is 38.0 Å². The van der Waals surface area contributed by atoms with Crippen molar-refractivity contribution >= 4 is 27.0 Å². The molecule has 3 aromatic carbocycles. The molecule has 0 atom stereocenters. The highest BCUT2D eigenvalue weighted by molar-refractivity contribution is 9.10. The summed E-state index contributed by atoms with van der Waals surface area (Å²) in [6, 6.07) is 25.5. The van der Waals surface area contributed by atoms with E-state index in [0.29, 0.717) is 12.4 Å². The highest BCUT2D eigenvalue weighted by Crippen LogP contribution is 2.37. The van der Waals surface area contributed by atoms with Crippen LogP contribution in [0.3, 0.4) is 0 Å². The first-order chi connectivity index (χ1) is 12.6. The van der Waals surface area contributed by atoms with E-state index in [2.05, 4.69) is 27.4 Å². The zero-order chi connectivity index (χ0) is 18.1. The highest BCUT2D eigenvalue weighted by Gasteiger charge is 2.38. The Kier molecular flexibility index (Phi) is 4.39. The van der Waals surface area contributed by atoms with Gasteiger partial charge in [0.15, 0.2) is 11.4 Å². The summed E-state index contributed by atoms with van der Waals surface area (Å²) in [5.41, 5.74) is 2.15. The van der Waals surface area contributed by atoms with Crippen LogP contribution in [0.25, 0.3) is 11.0 Å². The van der Waals surface area contributed by atoms with Gasteiger partial charge in [-0.2, -0.15) is 0 Å². The van der Waals surface area contributed by atoms with Crippen molar-refractivity contribution in [2.75, 3.05) is 0 Å². The molecule has 3 nitrogen and oxygen atoms in total. The van der Waals surface area contributed by atoms with Crippen LogP contribution in [0.1, 0.15) is 23.9 Å². The Morgan fingerprint density at radius 1 is 0.923 bits per heavy atom. The number of aromatic nitrogens is 2. The van der Waals surface area contributed by atoms with Gasteiger partial charge in [-0.25, -0.2) is 4.98 Å². The standard InChI is InChI=1S/C22H19BrN2O/c1-2-25-20-15-18(23)13-14-19(20)24-21(25)22(26,16-9-5-3-6-10-16)17-11-7-4-8-12-17/h3-15,26H,2H2,1H3. The molecule has 0 saturated heterocycles. The maximum absolute atomic E-state index is 12.0. The Balaban J connectivity index is 2.06. The van der Waals surface area contributed by atoms with Gasteiger partial charge in [0.2, 0.25) is 0 Å². The molecule has 0 radical (unpaired) electrons. The summed E-state index contributed by atoms with van der Waals surface area (Å²) < 4.78 is 3.08. The Labute approximate surface area is 161 Å². The molecule has 0 unspecified atom stereocenters. The minimum atomic E-state index is -1.33. The molecule has 0 fully saturated rings. The molecule has 0 bridgehead atoms. The van der Waals surface area contributed by atoms with Gasteiger partial charge in [0, 0.05) is 11.0 Å². The summed E-state index contributed by atoms with van der Waals surface area (Å²) in [5.74, 6) is 0.630. The van der Waals surface area contributed by atoms with Gasteiger partial charge in [-0.15, -0.1) is 0 Å². The van der Waals surface area contributed by atoms with Gasteiger partial charge >= 0.3 is 0 Å². The van der Waals surface area contributed by atoms with Crippen molar-refractivity contribution in [3.63, 3.8) is 0 Å². The first-order valence-electron chi connectivity index (χ1n) is 8.64. The summed E-state index contributed by atoms with van der Waals surface area (Å²) in [5, 5.41) is 12.0. The normalized spacial score (nSPS) is 11.8. The van der Waals surface area contributed by atoms with Crippen LogP contribution in [0, 0.1) is 0 Å². The van der Waals surface area contributed by atoms with Crippen LogP contribution >= 0.6 is 15.9 Å². The third-order valence-electron chi connectivity index (χ3n) is 4.73. The number of aliphatic hydroxyl groups is 1. The molecule has 1 aromatic heterocycles. The van der Waals surface area contributed by atoms with E-state index in [1.165, 1.54) is 0 Å². The molecule has 0 aliphatic heterocycles. The van der Waals surface area contributed by atoms with Crippen molar-refractivity contribution in [1.82, 2.24) is 9.55 Å². The van der Waals surface area contributed by atoms with Crippen molar-refractivity contribution in [2.45, 2.75) is 19.1 Å². The van der Waals surface area contributed by atoms with Crippen molar-refractivity contribution < 1.29 is 5.11 Å². The number of hydrogen-bond donors (Lipinski definition) is 1. The Bertz CT molecular complexity index is 1000. The molecule has 1 heterocycles. The fourth-order valence-electron chi connectivity index (χ4n) is 3.48. The van der Waals surface area contributed by atoms with Crippen LogP contribution in [-0.2, 0) is 12.1 Å². The van der Waals surface area contributed by atoms with E-state index in [-0.39, 0.29) is 0 Å². The molecular formula is C22H19BrN2O. The number of aryl methyl sites for hydroxylation is 1. The van der Waals surface area contributed by atoms with Crippen molar-refractivity contribution in [3.05, 3.63) is 100 Å². The van der Waals surface area contributed by atoms with Gasteiger partial charge in [-0.1, -0.05) is 76.6 Å². The molecule has 4 heteroatoms. The van der Waals surface area contributed by atoms with E-state index in [1.54, 1.807) is 0 Å². The molecule has 0 spiro atoms. The van der Waals surface area contributed by atoms with E-state index >= 15 is 0 Å². The van der Waals surface area contributed by atoms with Crippen LogP contribution < -0.4 is 0 Å². The molecule has 0 aliphatic carbocycles. The third kappa shape index (κ3) is 2.66. The molecule has 130 valence electrons. The molecule has 1 N–H and O–H groups in total. The van der Waals surface area contributed by atoms with E-state index in [1.807, 2.05) is 78.9 Å². The number of benzene rings is 3. The number of fused-ring (bicyclic) bond motifs is 1. The number of nitrogens with zero attached hydrogens (tertiary/aromatic N) is 2. The Morgan fingerprint density at radius 3 is 2.04 bits per heavy atom. The molecule has 26 heavy (non-hydrogen) atoms. The van der Waals surface area contributed by atoms with Crippen LogP contribution in [0.2, 0.25) is 0 Å². The second kappa shape index (κ2) is 6.71.